The molecule has 3 heteroatoms. The highest BCUT2D eigenvalue weighted by Gasteiger charge is 2.19. The molecule has 0 spiro atoms. The van der Waals surface area contributed by atoms with E-state index in [9.17, 15) is 0 Å². The summed E-state index contributed by atoms with van der Waals surface area (Å²) in [5.41, 5.74) is 3.10. The van der Waals surface area contributed by atoms with E-state index in [0.717, 1.165) is 51.9 Å². The molecule has 1 aromatic carbocycles. The predicted octanol–water partition coefficient (Wildman–Crippen LogP) is 1.99. The second kappa shape index (κ2) is 6.51. The van der Waals surface area contributed by atoms with Gasteiger partial charge in [0.05, 0.1) is 13.2 Å². The van der Waals surface area contributed by atoms with Crippen LogP contribution in [0.15, 0.2) is 24.3 Å². The fraction of sp³-hybridized carbons (Fsp3) is 0.625. The molecule has 0 unspecified atom stereocenters. The largest absolute Gasteiger partial charge is 0.379 e. The van der Waals surface area contributed by atoms with Crippen molar-refractivity contribution < 1.29 is 4.74 Å². The normalized spacial score (nSPS) is 22.5. The van der Waals surface area contributed by atoms with Crippen molar-refractivity contribution in [1.29, 1.82) is 0 Å². The van der Waals surface area contributed by atoms with Gasteiger partial charge in [-0.3, -0.25) is 4.90 Å². The highest BCUT2D eigenvalue weighted by Crippen LogP contribution is 2.28. The van der Waals surface area contributed by atoms with E-state index >= 15 is 0 Å². The first-order chi connectivity index (χ1) is 9.43. The van der Waals surface area contributed by atoms with E-state index in [1.807, 2.05) is 0 Å². The van der Waals surface area contributed by atoms with E-state index in [0.29, 0.717) is 0 Å². The molecule has 0 aromatic heterocycles. The number of nitrogens with one attached hydrogen (secondary N) is 1. The quantitative estimate of drug-likeness (QED) is 0.899. The maximum Gasteiger partial charge on any atom is 0.0594 e. The van der Waals surface area contributed by atoms with Crippen LogP contribution in [0.25, 0.3) is 0 Å². The van der Waals surface area contributed by atoms with Crippen LogP contribution in [-0.2, 0) is 11.3 Å². The molecule has 0 aliphatic carbocycles. The van der Waals surface area contributed by atoms with Crippen molar-refractivity contribution in [3.05, 3.63) is 35.4 Å². The van der Waals surface area contributed by atoms with Crippen molar-refractivity contribution in [3.63, 3.8) is 0 Å². The molecule has 104 valence electrons. The Kier molecular flexibility index (Phi) is 4.49. The number of nitrogens with zero attached hydrogens (tertiary/aromatic N) is 1. The molecule has 0 bridgehead atoms. The summed E-state index contributed by atoms with van der Waals surface area (Å²) in [4.78, 5) is 2.52. The highest BCUT2D eigenvalue weighted by atomic mass is 16.5. The van der Waals surface area contributed by atoms with Crippen LogP contribution >= 0.6 is 0 Å². The Morgan fingerprint density at radius 2 is 1.84 bits per heavy atom. The van der Waals surface area contributed by atoms with E-state index in [1.54, 1.807) is 5.56 Å². The van der Waals surface area contributed by atoms with Crippen LogP contribution in [-0.4, -0.2) is 44.3 Å². The van der Waals surface area contributed by atoms with Gasteiger partial charge in [-0.05, 0) is 43.0 Å². The van der Waals surface area contributed by atoms with E-state index in [1.165, 1.54) is 18.4 Å². The van der Waals surface area contributed by atoms with E-state index in [2.05, 4.69) is 34.5 Å². The molecule has 3 nitrogen and oxygen atoms in total. The van der Waals surface area contributed by atoms with Gasteiger partial charge in [0.1, 0.15) is 0 Å². The van der Waals surface area contributed by atoms with Crippen LogP contribution in [0.1, 0.15) is 29.9 Å². The zero-order chi connectivity index (χ0) is 12.9. The molecule has 2 saturated heterocycles. The molecule has 2 heterocycles. The maximum atomic E-state index is 5.43. The van der Waals surface area contributed by atoms with Gasteiger partial charge in [-0.2, -0.15) is 0 Å². The van der Waals surface area contributed by atoms with Gasteiger partial charge in [0.25, 0.3) is 0 Å². The van der Waals surface area contributed by atoms with Crippen LogP contribution in [0.2, 0.25) is 0 Å². The molecule has 0 saturated carbocycles. The molecule has 0 atom stereocenters. The molecule has 1 N–H and O–H groups in total. The lowest BCUT2D eigenvalue weighted by Gasteiger charge is -2.30. The topological polar surface area (TPSA) is 24.5 Å². The summed E-state index contributed by atoms with van der Waals surface area (Å²) in [7, 11) is 0. The summed E-state index contributed by atoms with van der Waals surface area (Å²) >= 11 is 0. The first kappa shape index (κ1) is 13.1. The summed E-state index contributed by atoms with van der Waals surface area (Å²) in [5, 5.41) is 3.46. The molecule has 2 fully saturated rings. The van der Waals surface area contributed by atoms with Crippen molar-refractivity contribution in [3.8, 4) is 0 Å². The van der Waals surface area contributed by atoms with Crippen LogP contribution < -0.4 is 5.32 Å². The Morgan fingerprint density at radius 3 is 2.63 bits per heavy atom. The first-order valence-corrected chi connectivity index (χ1v) is 7.52. The van der Waals surface area contributed by atoms with E-state index < -0.39 is 0 Å². The van der Waals surface area contributed by atoms with E-state index in [4.69, 9.17) is 4.74 Å². The van der Waals surface area contributed by atoms with Gasteiger partial charge in [0.2, 0.25) is 0 Å². The summed E-state index contributed by atoms with van der Waals surface area (Å²) in [6.07, 6.45) is 2.56. The Balaban J connectivity index is 1.72. The van der Waals surface area contributed by atoms with Gasteiger partial charge in [-0.1, -0.05) is 24.3 Å². The average Bonchev–Trinajstić information content (AvgIpc) is 2.50. The Morgan fingerprint density at radius 1 is 1.11 bits per heavy atom. The van der Waals surface area contributed by atoms with Gasteiger partial charge >= 0.3 is 0 Å². The van der Waals surface area contributed by atoms with Crippen molar-refractivity contribution >= 4 is 0 Å². The smallest absolute Gasteiger partial charge is 0.0594 e. The second-order valence-corrected chi connectivity index (χ2v) is 5.61. The number of rotatable bonds is 3. The van der Waals surface area contributed by atoms with Crippen molar-refractivity contribution in [2.75, 3.05) is 39.4 Å². The molecular formula is C16H24N2O. The van der Waals surface area contributed by atoms with Crippen LogP contribution in [0, 0.1) is 0 Å². The second-order valence-electron chi connectivity index (χ2n) is 5.61. The Hall–Kier alpha value is -0.900. The zero-order valence-electron chi connectivity index (χ0n) is 11.6. The third kappa shape index (κ3) is 3.35. The fourth-order valence-corrected chi connectivity index (χ4v) is 3.21. The molecule has 19 heavy (non-hydrogen) atoms. The zero-order valence-corrected chi connectivity index (χ0v) is 11.6. The summed E-state index contributed by atoms with van der Waals surface area (Å²) in [5.74, 6) is 0.749. The van der Waals surface area contributed by atoms with Gasteiger partial charge in [-0.15, -0.1) is 0 Å². The number of hydrogen-bond donors (Lipinski definition) is 1. The minimum Gasteiger partial charge on any atom is -0.379 e. The number of benzene rings is 1. The lowest BCUT2D eigenvalue weighted by molar-refractivity contribution is 0.0340. The Labute approximate surface area is 115 Å². The summed E-state index contributed by atoms with van der Waals surface area (Å²) in [6.45, 7) is 7.32. The fourth-order valence-electron chi connectivity index (χ4n) is 3.21. The van der Waals surface area contributed by atoms with Crippen LogP contribution in [0.3, 0.4) is 0 Å². The molecule has 3 rings (SSSR count). The number of piperidine rings is 1. The van der Waals surface area contributed by atoms with Crippen molar-refractivity contribution in [2.45, 2.75) is 25.3 Å². The monoisotopic (exact) mass is 260 g/mol. The first-order valence-electron chi connectivity index (χ1n) is 7.52. The standard InChI is InChI=1S/C16H24N2O/c1-2-4-16(14-5-7-17-8-6-14)15(3-1)13-18-9-11-19-12-10-18/h1-4,14,17H,5-13H2. The SMILES string of the molecule is c1ccc(C2CCNCC2)c(CN2CCOCC2)c1. The van der Waals surface area contributed by atoms with Crippen LogP contribution in [0.5, 0.6) is 0 Å². The average molecular weight is 260 g/mol. The molecule has 1 aromatic rings. The third-order valence-corrected chi connectivity index (χ3v) is 4.33. The highest BCUT2D eigenvalue weighted by molar-refractivity contribution is 5.31. The number of ether oxygens (including phenoxy) is 1. The van der Waals surface area contributed by atoms with Gasteiger partial charge < -0.3 is 10.1 Å². The third-order valence-electron chi connectivity index (χ3n) is 4.33. The predicted molar refractivity (Wildman–Crippen MR) is 77.4 cm³/mol. The van der Waals surface area contributed by atoms with Gasteiger partial charge in [-0.25, -0.2) is 0 Å². The summed E-state index contributed by atoms with van der Waals surface area (Å²) < 4.78 is 5.43. The molecule has 0 radical (unpaired) electrons. The van der Waals surface area contributed by atoms with Crippen molar-refractivity contribution in [2.24, 2.45) is 0 Å². The maximum absolute atomic E-state index is 5.43. The van der Waals surface area contributed by atoms with E-state index in [-0.39, 0.29) is 0 Å². The Bertz CT molecular complexity index is 395. The molecule has 0 amide bonds. The number of morpholine rings is 1. The molecular weight excluding hydrogens is 236 g/mol. The molecule has 2 aliphatic rings. The van der Waals surface area contributed by atoms with Gasteiger partial charge in [0, 0.05) is 19.6 Å². The minimum atomic E-state index is 0.749. The van der Waals surface area contributed by atoms with Gasteiger partial charge in [0.15, 0.2) is 0 Å². The minimum absolute atomic E-state index is 0.749. The summed E-state index contributed by atoms with van der Waals surface area (Å²) in [6, 6.07) is 9.03. The lowest BCUT2D eigenvalue weighted by Crippen LogP contribution is -2.36. The van der Waals surface area contributed by atoms with Crippen molar-refractivity contribution in [1.82, 2.24) is 10.2 Å². The molecule has 2 aliphatic heterocycles. The lowest BCUT2D eigenvalue weighted by atomic mass is 9.87. The number of hydrogen-bond acceptors (Lipinski definition) is 3. The van der Waals surface area contributed by atoms with Crippen LogP contribution in [0.4, 0.5) is 0 Å².